The maximum absolute atomic E-state index is 12.4. The first-order valence-electron chi connectivity index (χ1n) is 8.10. The van der Waals surface area contributed by atoms with Gasteiger partial charge in [-0.2, -0.15) is 0 Å². The molecule has 1 N–H and O–H groups in total. The summed E-state index contributed by atoms with van der Waals surface area (Å²) in [5.41, 5.74) is 3.60. The maximum Gasteiger partial charge on any atom is 0.259 e. The lowest BCUT2D eigenvalue weighted by Gasteiger charge is -2.13. The van der Waals surface area contributed by atoms with Gasteiger partial charge in [0, 0.05) is 17.7 Å². The van der Waals surface area contributed by atoms with Crippen molar-refractivity contribution < 1.29 is 9.53 Å². The average Bonchev–Trinajstić information content (AvgIpc) is 2.92. The number of fused-ring (bicyclic) bond motifs is 1. The van der Waals surface area contributed by atoms with Crippen LogP contribution in [0, 0.1) is 0 Å². The standard InChI is InChI=1S/C20H21NO2/c1-2-3-13-18(23-14-15-9-5-4-6-10-15)19-16-11-7-8-12-17(16)21-20(19)22/h4-12H,2-3,13-14H2,1H3,(H,21,22)/b19-18-. The van der Waals surface area contributed by atoms with Crippen LogP contribution < -0.4 is 5.32 Å². The molecule has 0 spiro atoms. The fourth-order valence-corrected chi connectivity index (χ4v) is 2.75. The maximum atomic E-state index is 12.4. The van der Waals surface area contributed by atoms with E-state index >= 15 is 0 Å². The summed E-state index contributed by atoms with van der Waals surface area (Å²) in [5.74, 6) is 0.725. The summed E-state index contributed by atoms with van der Waals surface area (Å²) in [6.45, 7) is 2.63. The number of unbranched alkanes of at least 4 members (excludes halogenated alkanes) is 1. The molecule has 0 atom stereocenters. The number of rotatable bonds is 6. The topological polar surface area (TPSA) is 38.3 Å². The molecule has 0 saturated carbocycles. The Bertz CT molecular complexity index is 719. The van der Waals surface area contributed by atoms with Crippen LogP contribution in [0.15, 0.2) is 60.4 Å². The Morgan fingerprint density at radius 1 is 1.04 bits per heavy atom. The van der Waals surface area contributed by atoms with Gasteiger partial charge in [0.25, 0.3) is 5.91 Å². The summed E-state index contributed by atoms with van der Waals surface area (Å²) in [6, 6.07) is 17.8. The van der Waals surface area contributed by atoms with Gasteiger partial charge in [-0.15, -0.1) is 0 Å². The molecule has 2 aromatic rings. The predicted octanol–water partition coefficient (Wildman–Crippen LogP) is 4.76. The minimum Gasteiger partial charge on any atom is -0.492 e. The van der Waals surface area contributed by atoms with Gasteiger partial charge < -0.3 is 10.1 Å². The van der Waals surface area contributed by atoms with Gasteiger partial charge in [0.15, 0.2) is 0 Å². The van der Waals surface area contributed by atoms with E-state index in [1.807, 2.05) is 54.6 Å². The van der Waals surface area contributed by atoms with Crippen molar-refractivity contribution in [1.82, 2.24) is 0 Å². The second-order valence-corrected chi connectivity index (χ2v) is 5.68. The number of hydrogen-bond donors (Lipinski definition) is 1. The first-order chi connectivity index (χ1) is 11.3. The highest BCUT2D eigenvalue weighted by molar-refractivity contribution is 6.32. The number of carbonyl (C=O) groups excluding carboxylic acids is 1. The van der Waals surface area contributed by atoms with Crippen LogP contribution in [0.2, 0.25) is 0 Å². The zero-order valence-electron chi connectivity index (χ0n) is 13.3. The number of hydrogen-bond acceptors (Lipinski definition) is 2. The molecule has 1 amide bonds. The Kier molecular flexibility index (Phi) is 4.77. The molecule has 0 bridgehead atoms. The molecule has 0 fully saturated rings. The largest absolute Gasteiger partial charge is 0.492 e. The van der Waals surface area contributed by atoms with Crippen LogP contribution in [0.3, 0.4) is 0 Å². The van der Waals surface area contributed by atoms with E-state index in [0.29, 0.717) is 12.2 Å². The van der Waals surface area contributed by atoms with Crippen molar-refractivity contribution in [1.29, 1.82) is 0 Å². The SMILES string of the molecule is CCCC/C(OCc1ccccc1)=C1/C(=O)Nc2ccccc21. The summed E-state index contributed by atoms with van der Waals surface area (Å²) in [5, 5.41) is 2.93. The van der Waals surface area contributed by atoms with Crippen molar-refractivity contribution in [3.8, 4) is 0 Å². The molecular weight excluding hydrogens is 286 g/mol. The van der Waals surface area contributed by atoms with Crippen molar-refractivity contribution in [2.75, 3.05) is 5.32 Å². The number of carbonyl (C=O) groups is 1. The van der Waals surface area contributed by atoms with Crippen molar-refractivity contribution in [2.45, 2.75) is 32.8 Å². The van der Waals surface area contributed by atoms with Gasteiger partial charge in [-0.05, 0) is 18.1 Å². The number of anilines is 1. The van der Waals surface area contributed by atoms with Crippen molar-refractivity contribution in [3.63, 3.8) is 0 Å². The first kappa shape index (κ1) is 15.3. The first-order valence-corrected chi connectivity index (χ1v) is 8.10. The summed E-state index contributed by atoms with van der Waals surface area (Å²) < 4.78 is 6.06. The van der Waals surface area contributed by atoms with E-state index in [2.05, 4.69) is 12.2 Å². The van der Waals surface area contributed by atoms with Gasteiger partial charge in [0.05, 0.1) is 5.57 Å². The zero-order chi connectivity index (χ0) is 16.1. The van der Waals surface area contributed by atoms with Crippen molar-refractivity contribution in [2.24, 2.45) is 0 Å². The van der Waals surface area contributed by atoms with Gasteiger partial charge in [-0.1, -0.05) is 61.9 Å². The lowest BCUT2D eigenvalue weighted by molar-refractivity contribution is -0.111. The molecule has 0 radical (unpaired) electrons. The average molecular weight is 307 g/mol. The molecule has 118 valence electrons. The summed E-state index contributed by atoms with van der Waals surface area (Å²) in [4.78, 5) is 12.4. The highest BCUT2D eigenvalue weighted by Gasteiger charge is 2.27. The summed E-state index contributed by atoms with van der Waals surface area (Å²) in [6.07, 6.45) is 2.85. The van der Waals surface area contributed by atoms with E-state index < -0.39 is 0 Å². The lowest BCUT2D eigenvalue weighted by atomic mass is 10.0. The molecule has 1 heterocycles. The monoisotopic (exact) mass is 307 g/mol. The third-order valence-electron chi connectivity index (χ3n) is 3.96. The molecule has 0 aromatic heterocycles. The quantitative estimate of drug-likeness (QED) is 0.617. The van der Waals surface area contributed by atoms with Crippen LogP contribution in [0.5, 0.6) is 0 Å². The minimum atomic E-state index is -0.0645. The van der Waals surface area contributed by atoms with E-state index in [9.17, 15) is 4.79 Å². The van der Waals surface area contributed by atoms with Crippen LogP contribution >= 0.6 is 0 Å². The molecule has 1 aliphatic heterocycles. The Hall–Kier alpha value is -2.55. The molecule has 3 rings (SSSR count). The fraction of sp³-hybridized carbons (Fsp3) is 0.250. The van der Waals surface area contributed by atoms with Crippen LogP contribution in [-0.4, -0.2) is 5.91 Å². The third-order valence-corrected chi connectivity index (χ3v) is 3.96. The molecule has 0 unspecified atom stereocenters. The van der Waals surface area contributed by atoms with Crippen LogP contribution in [0.25, 0.3) is 5.57 Å². The van der Waals surface area contributed by atoms with Gasteiger partial charge in [-0.3, -0.25) is 4.79 Å². The van der Waals surface area contributed by atoms with Crippen LogP contribution in [0.1, 0.15) is 37.3 Å². The number of para-hydroxylation sites is 1. The lowest BCUT2D eigenvalue weighted by Crippen LogP contribution is -2.08. The number of amides is 1. The van der Waals surface area contributed by atoms with E-state index in [-0.39, 0.29) is 5.91 Å². The highest BCUT2D eigenvalue weighted by atomic mass is 16.5. The molecule has 0 aliphatic carbocycles. The summed E-state index contributed by atoms with van der Waals surface area (Å²) in [7, 11) is 0. The highest BCUT2D eigenvalue weighted by Crippen LogP contribution is 2.35. The van der Waals surface area contributed by atoms with E-state index in [0.717, 1.165) is 41.8 Å². The van der Waals surface area contributed by atoms with Gasteiger partial charge in [0.1, 0.15) is 12.4 Å². The minimum absolute atomic E-state index is 0.0645. The van der Waals surface area contributed by atoms with Gasteiger partial charge >= 0.3 is 0 Å². The number of ether oxygens (including phenoxy) is 1. The number of benzene rings is 2. The molecule has 1 aliphatic rings. The van der Waals surface area contributed by atoms with E-state index in [1.54, 1.807) is 0 Å². The Morgan fingerprint density at radius 2 is 1.78 bits per heavy atom. The fourth-order valence-electron chi connectivity index (χ4n) is 2.75. The molecule has 2 aromatic carbocycles. The Labute approximate surface area is 137 Å². The van der Waals surface area contributed by atoms with Gasteiger partial charge in [0.2, 0.25) is 0 Å². The normalized spacial score (nSPS) is 15.1. The molecule has 0 saturated heterocycles. The predicted molar refractivity (Wildman–Crippen MR) is 92.7 cm³/mol. The van der Waals surface area contributed by atoms with E-state index in [1.165, 1.54) is 0 Å². The van der Waals surface area contributed by atoms with Crippen molar-refractivity contribution in [3.05, 3.63) is 71.5 Å². The molecular formula is C20H21NO2. The second kappa shape index (κ2) is 7.14. The number of allylic oxidation sites excluding steroid dienone is 1. The Balaban J connectivity index is 1.90. The Morgan fingerprint density at radius 3 is 2.57 bits per heavy atom. The summed E-state index contributed by atoms with van der Waals surface area (Å²) >= 11 is 0. The molecule has 3 nitrogen and oxygen atoms in total. The molecule has 23 heavy (non-hydrogen) atoms. The van der Waals surface area contributed by atoms with Gasteiger partial charge in [-0.25, -0.2) is 0 Å². The van der Waals surface area contributed by atoms with Crippen LogP contribution in [-0.2, 0) is 16.1 Å². The zero-order valence-corrected chi connectivity index (χ0v) is 13.3. The third kappa shape index (κ3) is 3.45. The van der Waals surface area contributed by atoms with Crippen molar-refractivity contribution >= 4 is 17.2 Å². The van der Waals surface area contributed by atoms with Crippen LogP contribution in [0.4, 0.5) is 5.69 Å². The number of nitrogens with one attached hydrogen (secondary N) is 1. The smallest absolute Gasteiger partial charge is 0.259 e. The van der Waals surface area contributed by atoms with E-state index in [4.69, 9.17) is 4.74 Å². The molecule has 3 heteroatoms. The second-order valence-electron chi connectivity index (χ2n) is 5.68.